The molecule has 0 radical (unpaired) electrons. The molecule has 0 aromatic carbocycles. The van der Waals surface area contributed by atoms with Crippen LogP contribution in [0.1, 0.15) is 20.1 Å². The molecule has 0 saturated carbocycles. The lowest BCUT2D eigenvalue weighted by Gasteiger charge is -2.24. The zero-order chi connectivity index (χ0) is 15.4. The van der Waals surface area contributed by atoms with E-state index in [0.29, 0.717) is 0 Å². The van der Waals surface area contributed by atoms with E-state index in [1.54, 1.807) is 13.8 Å². The van der Waals surface area contributed by atoms with E-state index < -0.39 is 48.3 Å². The standard InChI is InChI=1S/C12H14BrFN2O5/c1-12(2)20-7-6(3-14)19-10(8(7)21-12)16-4-5(13)9(17)15-11(16)18/h4,6-8,10H,3H2,1-2H3,(H,15,17,18)/t6-,7?,8?,10-/m1/s1. The van der Waals surface area contributed by atoms with Crippen LogP contribution in [-0.2, 0) is 14.2 Å². The Morgan fingerprint density at radius 1 is 1.38 bits per heavy atom. The van der Waals surface area contributed by atoms with E-state index in [-0.39, 0.29) is 4.47 Å². The van der Waals surface area contributed by atoms with Gasteiger partial charge in [-0.1, -0.05) is 0 Å². The molecule has 1 aromatic rings. The highest BCUT2D eigenvalue weighted by atomic mass is 79.9. The second-order valence-electron chi connectivity index (χ2n) is 5.43. The quantitative estimate of drug-likeness (QED) is 0.834. The van der Waals surface area contributed by atoms with Gasteiger partial charge in [-0.2, -0.15) is 0 Å². The Bertz CT molecular complexity index is 672. The predicted octanol–water partition coefficient (Wildman–Crippen LogP) is 0.686. The number of nitrogens with one attached hydrogen (secondary N) is 1. The Kier molecular flexibility index (Phi) is 3.55. The molecule has 7 nitrogen and oxygen atoms in total. The van der Waals surface area contributed by atoms with Crippen molar-refractivity contribution in [1.82, 2.24) is 9.55 Å². The average molecular weight is 365 g/mol. The third-order valence-corrected chi connectivity index (χ3v) is 4.04. The fraction of sp³-hybridized carbons (Fsp3) is 0.667. The summed E-state index contributed by atoms with van der Waals surface area (Å²) in [4.78, 5) is 25.5. The first-order chi connectivity index (χ1) is 9.82. The fourth-order valence-electron chi connectivity index (χ4n) is 2.66. The SMILES string of the molecule is CC1(C)OC2C(O1)[C@@H](CF)O[C@H]2n1cc(Br)c(=O)[nH]c1=O. The third kappa shape index (κ3) is 2.48. The molecular formula is C12H14BrFN2O5. The highest BCUT2D eigenvalue weighted by Crippen LogP contribution is 2.42. The molecule has 1 N–H and O–H groups in total. The summed E-state index contributed by atoms with van der Waals surface area (Å²) in [7, 11) is 0. The minimum absolute atomic E-state index is 0.170. The number of halogens is 2. The summed E-state index contributed by atoms with van der Waals surface area (Å²) in [5.74, 6) is -0.881. The van der Waals surface area contributed by atoms with Crippen LogP contribution < -0.4 is 11.2 Å². The van der Waals surface area contributed by atoms with E-state index in [9.17, 15) is 14.0 Å². The summed E-state index contributed by atoms with van der Waals surface area (Å²) in [6.45, 7) is 2.67. The maximum absolute atomic E-state index is 13.1. The molecule has 21 heavy (non-hydrogen) atoms. The number of fused-ring (bicyclic) bond motifs is 1. The number of alkyl halides is 1. The van der Waals surface area contributed by atoms with Gasteiger partial charge in [-0.25, -0.2) is 9.18 Å². The first-order valence-electron chi connectivity index (χ1n) is 6.40. The molecule has 0 aliphatic carbocycles. The summed E-state index contributed by atoms with van der Waals surface area (Å²) >= 11 is 3.05. The van der Waals surface area contributed by atoms with Gasteiger partial charge in [0.05, 0.1) is 4.47 Å². The second kappa shape index (κ2) is 5.01. The lowest BCUT2D eigenvalue weighted by atomic mass is 10.1. The molecular weight excluding hydrogens is 351 g/mol. The molecule has 3 heterocycles. The maximum atomic E-state index is 13.1. The van der Waals surface area contributed by atoms with Gasteiger partial charge in [0.15, 0.2) is 12.0 Å². The van der Waals surface area contributed by atoms with Gasteiger partial charge in [-0.3, -0.25) is 14.3 Å². The maximum Gasteiger partial charge on any atom is 0.330 e. The minimum Gasteiger partial charge on any atom is -0.346 e. The zero-order valence-electron chi connectivity index (χ0n) is 11.3. The van der Waals surface area contributed by atoms with E-state index in [1.165, 1.54) is 10.8 Å². The van der Waals surface area contributed by atoms with Crippen molar-refractivity contribution in [3.63, 3.8) is 0 Å². The summed E-state index contributed by atoms with van der Waals surface area (Å²) < 4.78 is 31.3. The summed E-state index contributed by atoms with van der Waals surface area (Å²) in [6.07, 6.45) is -1.61. The Morgan fingerprint density at radius 2 is 2.05 bits per heavy atom. The number of ether oxygens (including phenoxy) is 3. The van der Waals surface area contributed by atoms with Crippen LogP contribution in [-0.4, -0.2) is 40.3 Å². The van der Waals surface area contributed by atoms with Crippen molar-refractivity contribution in [2.75, 3.05) is 6.67 Å². The van der Waals surface area contributed by atoms with Crippen molar-refractivity contribution in [2.45, 2.75) is 44.2 Å². The van der Waals surface area contributed by atoms with Gasteiger partial charge < -0.3 is 14.2 Å². The van der Waals surface area contributed by atoms with Gasteiger partial charge >= 0.3 is 5.69 Å². The van der Waals surface area contributed by atoms with E-state index >= 15 is 0 Å². The van der Waals surface area contributed by atoms with Crippen molar-refractivity contribution >= 4 is 15.9 Å². The molecule has 2 aliphatic heterocycles. The average Bonchev–Trinajstić information content (AvgIpc) is 2.87. The van der Waals surface area contributed by atoms with E-state index in [1.807, 2.05) is 0 Å². The number of rotatable bonds is 2. The van der Waals surface area contributed by atoms with Crippen LogP contribution in [0.3, 0.4) is 0 Å². The van der Waals surface area contributed by atoms with Crippen molar-refractivity contribution < 1.29 is 18.6 Å². The minimum atomic E-state index is -0.881. The smallest absolute Gasteiger partial charge is 0.330 e. The first-order valence-corrected chi connectivity index (χ1v) is 7.20. The molecule has 1 aromatic heterocycles. The molecule has 0 spiro atoms. The molecule has 116 valence electrons. The second-order valence-corrected chi connectivity index (χ2v) is 6.28. The van der Waals surface area contributed by atoms with Crippen LogP contribution in [0.15, 0.2) is 20.3 Å². The number of aromatic amines is 1. The number of nitrogens with zero attached hydrogens (tertiary/aromatic N) is 1. The van der Waals surface area contributed by atoms with E-state index in [0.717, 1.165) is 0 Å². The van der Waals surface area contributed by atoms with Crippen LogP contribution in [0, 0.1) is 0 Å². The third-order valence-electron chi connectivity index (χ3n) is 3.48. The molecule has 4 atom stereocenters. The molecule has 2 unspecified atom stereocenters. The molecule has 2 saturated heterocycles. The predicted molar refractivity (Wildman–Crippen MR) is 72.7 cm³/mol. The lowest BCUT2D eigenvalue weighted by molar-refractivity contribution is -0.198. The number of hydrogen-bond donors (Lipinski definition) is 1. The zero-order valence-corrected chi connectivity index (χ0v) is 12.9. The molecule has 2 aliphatic rings. The molecule has 0 amide bonds. The van der Waals surface area contributed by atoms with E-state index in [4.69, 9.17) is 14.2 Å². The van der Waals surface area contributed by atoms with Gasteiger partial charge in [0.1, 0.15) is 25.0 Å². The normalized spacial score (nSPS) is 34.1. The Labute approximate surface area is 127 Å². The Hall–Kier alpha value is -1.03. The van der Waals surface area contributed by atoms with Crippen molar-refractivity contribution in [2.24, 2.45) is 0 Å². The van der Waals surface area contributed by atoms with E-state index in [2.05, 4.69) is 20.9 Å². The van der Waals surface area contributed by atoms with Crippen molar-refractivity contribution in [1.29, 1.82) is 0 Å². The highest BCUT2D eigenvalue weighted by molar-refractivity contribution is 9.10. The largest absolute Gasteiger partial charge is 0.346 e. The summed E-state index contributed by atoms with van der Waals surface area (Å²) in [5, 5.41) is 0. The van der Waals surface area contributed by atoms with Crippen LogP contribution in [0.25, 0.3) is 0 Å². The molecule has 3 rings (SSSR count). The Balaban J connectivity index is 2.01. The summed E-state index contributed by atoms with van der Waals surface area (Å²) in [5.41, 5.74) is -1.20. The van der Waals surface area contributed by atoms with Crippen molar-refractivity contribution in [3.8, 4) is 0 Å². The molecule has 9 heteroatoms. The molecule has 2 fully saturated rings. The number of H-pyrrole nitrogens is 1. The number of hydrogen-bond acceptors (Lipinski definition) is 5. The summed E-state index contributed by atoms with van der Waals surface area (Å²) in [6, 6.07) is 0. The van der Waals surface area contributed by atoms with Crippen LogP contribution >= 0.6 is 15.9 Å². The lowest BCUT2D eigenvalue weighted by Crippen LogP contribution is -2.37. The van der Waals surface area contributed by atoms with Gasteiger partial charge in [0.2, 0.25) is 0 Å². The van der Waals surface area contributed by atoms with Crippen molar-refractivity contribution in [3.05, 3.63) is 31.5 Å². The number of aromatic nitrogens is 2. The fourth-order valence-corrected chi connectivity index (χ4v) is 2.98. The van der Waals surface area contributed by atoms with Crippen LogP contribution in [0.4, 0.5) is 4.39 Å². The Morgan fingerprint density at radius 3 is 2.71 bits per heavy atom. The first kappa shape index (κ1) is 14.9. The topological polar surface area (TPSA) is 82.6 Å². The van der Waals surface area contributed by atoms with Gasteiger partial charge in [-0.15, -0.1) is 0 Å². The van der Waals surface area contributed by atoms with Gasteiger partial charge in [-0.05, 0) is 29.8 Å². The molecule has 0 bridgehead atoms. The van der Waals surface area contributed by atoms with Crippen LogP contribution in [0.2, 0.25) is 0 Å². The van der Waals surface area contributed by atoms with Crippen LogP contribution in [0.5, 0.6) is 0 Å². The van der Waals surface area contributed by atoms with Gasteiger partial charge in [0, 0.05) is 6.20 Å². The highest BCUT2D eigenvalue weighted by Gasteiger charge is 2.56. The van der Waals surface area contributed by atoms with Gasteiger partial charge in [0.25, 0.3) is 5.56 Å². The monoisotopic (exact) mass is 364 g/mol.